The molecule has 0 unspecified atom stereocenters. The van der Waals surface area contributed by atoms with Gasteiger partial charge in [-0.3, -0.25) is 24.2 Å². The van der Waals surface area contributed by atoms with E-state index in [9.17, 15) is 33.5 Å². The minimum atomic E-state index is -1.34. The monoisotopic (exact) mass is 675 g/mol. The number of halogens is 1. The Labute approximate surface area is 277 Å². The van der Waals surface area contributed by atoms with Gasteiger partial charge in [0, 0.05) is 30.3 Å². The van der Waals surface area contributed by atoms with Crippen LogP contribution in [-0.2, 0) is 25.8 Å². The number of carbonyl (C=O) groups excluding carboxylic acids is 3. The van der Waals surface area contributed by atoms with Crippen molar-refractivity contribution in [3.05, 3.63) is 87.7 Å². The maximum atomic E-state index is 12.9. The van der Waals surface area contributed by atoms with Gasteiger partial charge in [-0.2, -0.15) is 4.98 Å². The molecule has 8 N–H and O–H groups in total. The van der Waals surface area contributed by atoms with Crippen molar-refractivity contribution < 1.29 is 33.5 Å². The van der Waals surface area contributed by atoms with Crippen LogP contribution in [0.25, 0.3) is 11.2 Å². The predicted octanol–water partition coefficient (Wildman–Crippen LogP) is 0.681. The Balaban J connectivity index is 1.16. The Bertz CT molecular complexity index is 1880. The molecule has 2 aromatic carbocycles. The van der Waals surface area contributed by atoms with Crippen LogP contribution in [-0.4, -0.2) is 80.2 Å². The molecule has 256 valence electrons. The summed E-state index contributed by atoms with van der Waals surface area (Å²) in [5, 5.41) is 24.0. The fourth-order valence-corrected chi connectivity index (χ4v) is 4.22. The van der Waals surface area contributed by atoms with E-state index in [2.05, 4.69) is 46.4 Å². The average molecular weight is 676 g/mol. The van der Waals surface area contributed by atoms with E-state index in [-0.39, 0.29) is 61.0 Å². The van der Waals surface area contributed by atoms with Crippen LogP contribution in [0.2, 0.25) is 0 Å². The minimum Gasteiger partial charge on any atom is -0.480 e. The van der Waals surface area contributed by atoms with E-state index in [4.69, 9.17) is 10.6 Å². The van der Waals surface area contributed by atoms with Crippen LogP contribution in [0.3, 0.4) is 0 Å². The molecule has 0 fully saturated rings. The Morgan fingerprint density at radius 1 is 1.06 bits per heavy atom. The number of nitrogens with zero attached hydrogens (tertiary/aromatic N) is 4. The summed E-state index contributed by atoms with van der Waals surface area (Å²) in [6, 6.07) is 9.88. The number of aromatic amines is 1. The van der Waals surface area contributed by atoms with Crippen LogP contribution in [0.1, 0.15) is 41.4 Å². The van der Waals surface area contributed by atoms with E-state index in [1.807, 2.05) is 0 Å². The number of hydrogen-bond donors (Lipinski definition) is 7. The molecule has 49 heavy (non-hydrogen) atoms. The highest BCUT2D eigenvalue weighted by molar-refractivity contribution is 5.97. The zero-order valence-electron chi connectivity index (χ0n) is 26.1. The first-order valence-corrected chi connectivity index (χ1v) is 14.8. The van der Waals surface area contributed by atoms with E-state index in [0.29, 0.717) is 16.9 Å². The smallest absolute Gasteiger partial charge is 0.326 e. The molecule has 18 heteroatoms. The van der Waals surface area contributed by atoms with Gasteiger partial charge in [0.1, 0.15) is 11.9 Å². The Morgan fingerprint density at radius 3 is 2.51 bits per heavy atom. The van der Waals surface area contributed by atoms with E-state index >= 15 is 0 Å². The van der Waals surface area contributed by atoms with Crippen molar-refractivity contribution in [2.75, 3.05) is 24.2 Å². The number of nitrogen functional groups attached to an aromatic ring is 1. The van der Waals surface area contributed by atoms with Crippen molar-refractivity contribution in [2.24, 2.45) is 5.16 Å². The number of amides is 3. The van der Waals surface area contributed by atoms with Crippen LogP contribution in [0.4, 0.5) is 16.0 Å². The summed E-state index contributed by atoms with van der Waals surface area (Å²) in [7, 11) is 0. The summed E-state index contributed by atoms with van der Waals surface area (Å²) >= 11 is 0. The number of aliphatic carboxylic acids is 1. The molecule has 0 aliphatic heterocycles. The van der Waals surface area contributed by atoms with Crippen molar-refractivity contribution in [3.8, 4) is 0 Å². The highest BCUT2D eigenvalue weighted by Crippen LogP contribution is 2.12. The maximum absolute atomic E-state index is 12.9. The molecule has 2 heterocycles. The summed E-state index contributed by atoms with van der Waals surface area (Å²) in [5.74, 6) is -3.38. The predicted molar refractivity (Wildman–Crippen MR) is 175 cm³/mol. The molecule has 4 rings (SSSR count). The van der Waals surface area contributed by atoms with Crippen molar-refractivity contribution in [3.63, 3.8) is 0 Å². The number of benzene rings is 2. The first kappa shape index (κ1) is 35.4. The van der Waals surface area contributed by atoms with Gasteiger partial charge in [0.25, 0.3) is 17.4 Å². The summed E-state index contributed by atoms with van der Waals surface area (Å²) in [6.45, 7) is 1.54. The third-order valence-electron chi connectivity index (χ3n) is 6.73. The van der Waals surface area contributed by atoms with Gasteiger partial charge in [0.05, 0.1) is 24.7 Å². The van der Waals surface area contributed by atoms with Gasteiger partial charge in [-0.1, -0.05) is 17.3 Å². The van der Waals surface area contributed by atoms with Crippen LogP contribution >= 0.6 is 0 Å². The zero-order valence-corrected chi connectivity index (χ0v) is 26.1. The zero-order chi connectivity index (χ0) is 35.3. The molecule has 3 amide bonds. The fourth-order valence-electron chi connectivity index (χ4n) is 4.22. The van der Waals surface area contributed by atoms with Crippen molar-refractivity contribution >= 4 is 52.7 Å². The third-order valence-corrected chi connectivity index (χ3v) is 6.73. The van der Waals surface area contributed by atoms with Gasteiger partial charge in [-0.05, 0) is 55.3 Å². The number of carbonyl (C=O) groups is 4. The largest absolute Gasteiger partial charge is 0.480 e. The second kappa shape index (κ2) is 16.9. The molecule has 0 spiro atoms. The van der Waals surface area contributed by atoms with Crippen molar-refractivity contribution in [1.82, 2.24) is 35.9 Å². The third kappa shape index (κ3) is 11.1. The number of fused-ring (bicyclic) bond motifs is 1. The molecule has 2 aromatic heterocycles. The van der Waals surface area contributed by atoms with Crippen LogP contribution in [0.15, 0.2) is 64.7 Å². The highest BCUT2D eigenvalue weighted by atomic mass is 18.2. The molecule has 0 radical (unpaired) electrons. The molecule has 2 atom stereocenters. The summed E-state index contributed by atoms with van der Waals surface area (Å²) in [4.78, 5) is 80.5. The lowest BCUT2D eigenvalue weighted by Crippen LogP contribution is -2.44. The number of H-pyrrole nitrogens is 1. The lowest BCUT2D eigenvalue weighted by atomic mass is 10.1. The fraction of sp³-hybridized carbons (Fsp3) is 0.258. The average Bonchev–Trinajstić information content (AvgIpc) is 3.07. The second-order valence-electron chi connectivity index (χ2n) is 10.7. The Morgan fingerprint density at radius 2 is 1.80 bits per heavy atom. The number of hydrogen-bond acceptors (Lipinski definition) is 12. The van der Waals surface area contributed by atoms with E-state index in [1.165, 1.54) is 48.8 Å². The number of aromatic nitrogens is 4. The van der Waals surface area contributed by atoms with Crippen LogP contribution in [0, 0.1) is 5.82 Å². The van der Waals surface area contributed by atoms with Gasteiger partial charge < -0.3 is 36.9 Å². The van der Waals surface area contributed by atoms with Gasteiger partial charge >= 0.3 is 5.97 Å². The van der Waals surface area contributed by atoms with E-state index in [0.717, 1.165) is 0 Å². The summed E-state index contributed by atoms with van der Waals surface area (Å²) in [5.41, 5.74) is 7.00. The summed E-state index contributed by atoms with van der Waals surface area (Å²) < 4.78 is 12.9. The SMILES string of the molecule is C[C@H](CNC(=O)CO/N=C/c1ccc([18F])cc1)NC(=O)CC[C@H](NC(=O)c1ccc(NCc2cnc3nc(N)[nH]c(=O)c3n2)cc1)C(=O)O. The molecule has 17 nitrogen and oxygen atoms in total. The number of nitrogens with one attached hydrogen (secondary N) is 5. The van der Waals surface area contributed by atoms with Crippen molar-refractivity contribution in [1.29, 1.82) is 0 Å². The Hall–Kier alpha value is -6.46. The highest BCUT2D eigenvalue weighted by Gasteiger charge is 2.22. The molecule has 0 saturated carbocycles. The molecule has 0 saturated heterocycles. The normalized spacial score (nSPS) is 12.2. The van der Waals surface area contributed by atoms with Gasteiger partial charge in [0.2, 0.25) is 11.9 Å². The quantitative estimate of drug-likeness (QED) is 0.0639. The number of rotatable bonds is 16. The first-order chi connectivity index (χ1) is 23.5. The minimum absolute atomic E-state index is 0.0408. The van der Waals surface area contributed by atoms with Crippen molar-refractivity contribution in [2.45, 2.75) is 38.4 Å². The van der Waals surface area contributed by atoms with E-state index in [1.54, 1.807) is 19.1 Å². The molecular formula is C31H33FN10O7. The number of carboxylic acids is 1. The molecule has 0 aliphatic rings. The molecule has 0 aliphatic carbocycles. The maximum Gasteiger partial charge on any atom is 0.326 e. The standard InChI is InChI=1S/C31H33FN10O7/c1-17(12-35-25(44)16-49-37-13-18-2-6-20(32)7-3-18)38-24(43)11-10-23(30(47)48)40-28(45)19-4-8-21(9-5-19)34-14-22-15-36-27-26(39-22)29(46)42-31(33)41-27/h2-9,13,15,17,23,34H,10-12,14,16H2,1H3,(H,35,44)(H,38,43)(H,40,45)(H,47,48)(H3,33,36,41,42,46)/b37-13+/t17-,23+/m1/s1/i32-1. The van der Waals surface area contributed by atoms with Crippen LogP contribution in [0.5, 0.6) is 0 Å². The van der Waals surface area contributed by atoms with Gasteiger partial charge in [-0.15, -0.1) is 0 Å². The van der Waals surface area contributed by atoms with E-state index < -0.39 is 41.3 Å². The van der Waals surface area contributed by atoms with Crippen LogP contribution < -0.4 is 32.6 Å². The Kier molecular flexibility index (Phi) is 12.2. The molecule has 0 bridgehead atoms. The lowest BCUT2D eigenvalue weighted by molar-refractivity contribution is -0.139. The van der Waals surface area contributed by atoms with Gasteiger partial charge in [-0.25, -0.2) is 19.2 Å². The molecular weight excluding hydrogens is 642 g/mol. The number of carboxylic acid groups (broad SMARTS) is 1. The number of nitrogens with two attached hydrogens (primary N) is 1. The molecule has 4 aromatic rings. The number of oxime groups is 1. The lowest BCUT2D eigenvalue weighted by Gasteiger charge is -2.17. The topological polar surface area (TPSA) is 256 Å². The first-order valence-electron chi connectivity index (χ1n) is 14.8. The van der Waals surface area contributed by atoms with Gasteiger partial charge in [0.15, 0.2) is 17.8 Å². The second-order valence-corrected chi connectivity index (χ2v) is 10.7. The number of anilines is 2. The summed E-state index contributed by atoms with van der Waals surface area (Å²) in [6.07, 6.45) is 2.39.